The Bertz CT molecular complexity index is 661. The first kappa shape index (κ1) is 15.4. The van der Waals surface area contributed by atoms with Gasteiger partial charge in [-0.15, -0.1) is 0 Å². The molecule has 0 saturated carbocycles. The SMILES string of the molecule is CC(N)C(c1ccccc1Cl)N(C)c1ccccc1C#N. The van der Waals surface area contributed by atoms with Crippen molar-refractivity contribution in [3.8, 4) is 6.07 Å². The van der Waals surface area contributed by atoms with Crippen LogP contribution in [0.25, 0.3) is 0 Å². The second-order valence-electron chi connectivity index (χ2n) is 5.07. The molecule has 0 aliphatic rings. The average Bonchev–Trinajstić information content (AvgIpc) is 2.49. The van der Waals surface area contributed by atoms with E-state index in [1.54, 1.807) is 6.07 Å². The number of likely N-dealkylation sites (N-methyl/N-ethyl adjacent to an activating group) is 1. The van der Waals surface area contributed by atoms with E-state index in [0.29, 0.717) is 10.6 Å². The van der Waals surface area contributed by atoms with Crippen LogP contribution < -0.4 is 10.6 Å². The molecule has 0 aliphatic carbocycles. The predicted molar refractivity (Wildman–Crippen MR) is 87.4 cm³/mol. The Kier molecular flexibility index (Phi) is 4.85. The highest BCUT2D eigenvalue weighted by Gasteiger charge is 2.24. The topological polar surface area (TPSA) is 53.0 Å². The molecule has 21 heavy (non-hydrogen) atoms. The highest BCUT2D eigenvalue weighted by Crippen LogP contribution is 2.33. The van der Waals surface area contributed by atoms with Gasteiger partial charge in [-0.3, -0.25) is 0 Å². The van der Waals surface area contributed by atoms with E-state index < -0.39 is 0 Å². The number of rotatable bonds is 4. The van der Waals surface area contributed by atoms with Gasteiger partial charge in [-0.1, -0.05) is 41.9 Å². The third-order valence-electron chi connectivity index (χ3n) is 3.54. The zero-order valence-electron chi connectivity index (χ0n) is 12.1. The van der Waals surface area contributed by atoms with Crippen molar-refractivity contribution in [2.75, 3.05) is 11.9 Å². The van der Waals surface area contributed by atoms with E-state index in [-0.39, 0.29) is 12.1 Å². The molecule has 0 heterocycles. The molecule has 2 aromatic rings. The van der Waals surface area contributed by atoms with Crippen molar-refractivity contribution >= 4 is 17.3 Å². The second-order valence-corrected chi connectivity index (χ2v) is 5.47. The Morgan fingerprint density at radius 1 is 1.14 bits per heavy atom. The van der Waals surface area contributed by atoms with Crippen LogP contribution in [0, 0.1) is 11.3 Å². The lowest BCUT2D eigenvalue weighted by molar-refractivity contribution is 0.558. The van der Waals surface area contributed by atoms with Gasteiger partial charge >= 0.3 is 0 Å². The molecule has 0 amide bonds. The molecule has 2 aromatic carbocycles. The second kappa shape index (κ2) is 6.62. The van der Waals surface area contributed by atoms with Crippen molar-refractivity contribution in [1.29, 1.82) is 5.26 Å². The number of para-hydroxylation sites is 1. The summed E-state index contributed by atoms with van der Waals surface area (Å²) in [4.78, 5) is 2.02. The first-order valence-electron chi connectivity index (χ1n) is 6.78. The van der Waals surface area contributed by atoms with Crippen molar-refractivity contribution in [1.82, 2.24) is 0 Å². The Labute approximate surface area is 130 Å². The summed E-state index contributed by atoms with van der Waals surface area (Å²) in [6.07, 6.45) is 0. The molecular weight excluding hydrogens is 282 g/mol. The fourth-order valence-corrected chi connectivity index (χ4v) is 2.83. The molecule has 2 atom stereocenters. The molecule has 0 aliphatic heterocycles. The zero-order valence-corrected chi connectivity index (χ0v) is 12.9. The fourth-order valence-electron chi connectivity index (χ4n) is 2.59. The van der Waals surface area contributed by atoms with E-state index in [0.717, 1.165) is 11.3 Å². The number of anilines is 1. The zero-order chi connectivity index (χ0) is 15.4. The maximum atomic E-state index is 9.28. The smallest absolute Gasteiger partial charge is 0.101 e. The van der Waals surface area contributed by atoms with Gasteiger partial charge in [0.25, 0.3) is 0 Å². The molecule has 108 valence electrons. The van der Waals surface area contributed by atoms with Crippen LogP contribution in [0.1, 0.15) is 24.1 Å². The summed E-state index contributed by atoms with van der Waals surface area (Å²) in [5.41, 5.74) is 8.62. The maximum Gasteiger partial charge on any atom is 0.101 e. The van der Waals surface area contributed by atoms with E-state index in [9.17, 15) is 5.26 Å². The number of benzene rings is 2. The molecule has 0 radical (unpaired) electrons. The lowest BCUT2D eigenvalue weighted by Crippen LogP contribution is -2.37. The largest absolute Gasteiger partial charge is 0.365 e. The van der Waals surface area contributed by atoms with Crippen molar-refractivity contribution in [2.45, 2.75) is 19.0 Å². The third kappa shape index (κ3) is 3.18. The molecule has 2 unspecified atom stereocenters. The average molecular weight is 300 g/mol. The van der Waals surface area contributed by atoms with E-state index in [4.69, 9.17) is 17.3 Å². The van der Waals surface area contributed by atoms with Crippen LogP contribution in [0.4, 0.5) is 5.69 Å². The van der Waals surface area contributed by atoms with Crippen molar-refractivity contribution < 1.29 is 0 Å². The minimum absolute atomic E-state index is 0.104. The van der Waals surface area contributed by atoms with Gasteiger partial charge in [0.15, 0.2) is 0 Å². The first-order valence-corrected chi connectivity index (χ1v) is 7.16. The van der Waals surface area contributed by atoms with Gasteiger partial charge in [0.05, 0.1) is 17.3 Å². The van der Waals surface area contributed by atoms with Gasteiger partial charge in [0.2, 0.25) is 0 Å². The molecule has 2 N–H and O–H groups in total. The summed E-state index contributed by atoms with van der Waals surface area (Å²) >= 11 is 6.32. The molecular formula is C17H18ClN3. The molecule has 0 fully saturated rings. The number of nitrogens with two attached hydrogens (primary N) is 1. The van der Waals surface area contributed by atoms with E-state index in [1.807, 2.05) is 61.3 Å². The van der Waals surface area contributed by atoms with Gasteiger partial charge in [0, 0.05) is 18.1 Å². The lowest BCUT2D eigenvalue weighted by atomic mass is 9.98. The van der Waals surface area contributed by atoms with Crippen LogP contribution >= 0.6 is 11.6 Å². The number of hydrogen-bond donors (Lipinski definition) is 1. The first-order chi connectivity index (χ1) is 10.1. The van der Waals surface area contributed by atoms with E-state index in [1.165, 1.54) is 0 Å². The molecule has 0 spiro atoms. The normalized spacial score (nSPS) is 13.3. The Balaban J connectivity index is 2.49. The third-order valence-corrected chi connectivity index (χ3v) is 3.89. The van der Waals surface area contributed by atoms with Gasteiger partial charge in [-0.05, 0) is 30.7 Å². The number of hydrogen-bond acceptors (Lipinski definition) is 3. The summed E-state index contributed by atoms with van der Waals surface area (Å²) in [5.74, 6) is 0. The Morgan fingerprint density at radius 3 is 2.38 bits per heavy atom. The van der Waals surface area contributed by atoms with E-state index in [2.05, 4.69) is 6.07 Å². The summed E-state index contributed by atoms with van der Waals surface area (Å²) in [5, 5.41) is 9.96. The number of halogens is 1. The van der Waals surface area contributed by atoms with Crippen LogP contribution in [-0.4, -0.2) is 13.1 Å². The Morgan fingerprint density at radius 2 is 1.76 bits per heavy atom. The monoisotopic (exact) mass is 299 g/mol. The van der Waals surface area contributed by atoms with Gasteiger partial charge in [-0.2, -0.15) is 5.26 Å². The highest BCUT2D eigenvalue weighted by atomic mass is 35.5. The van der Waals surface area contributed by atoms with E-state index >= 15 is 0 Å². The lowest BCUT2D eigenvalue weighted by Gasteiger charge is -2.34. The minimum atomic E-state index is -0.137. The minimum Gasteiger partial charge on any atom is -0.365 e. The van der Waals surface area contributed by atoms with Crippen LogP contribution in [0.15, 0.2) is 48.5 Å². The van der Waals surface area contributed by atoms with Crippen molar-refractivity contribution in [2.24, 2.45) is 5.73 Å². The van der Waals surface area contributed by atoms with Crippen LogP contribution in [0.5, 0.6) is 0 Å². The molecule has 4 heteroatoms. The van der Waals surface area contributed by atoms with Crippen molar-refractivity contribution in [3.05, 3.63) is 64.7 Å². The highest BCUT2D eigenvalue weighted by molar-refractivity contribution is 6.31. The number of nitrogens with zero attached hydrogens (tertiary/aromatic N) is 2. The summed E-state index contributed by atoms with van der Waals surface area (Å²) in [7, 11) is 1.94. The summed E-state index contributed by atoms with van der Waals surface area (Å²) in [6, 6.07) is 17.1. The number of nitriles is 1. The van der Waals surface area contributed by atoms with Gasteiger partial charge in [0.1, 0.15) is 6.07 Å². The fraction of sp³-hybridized carbons (Fsp3) is 0.235. The molecule has 2 rings (SSSR count). The van der Waals surface area contributed by atoms with Crippen LogP contribution in [0.2, 0.25) is 5.02 Å². The maximum absolute atomic E-state index is 9.28. The molecule has 3 nitrogen and oxygen atoms in total. The van der Waals surface area contributed by atoms with Gasteiger partial charge < -0.3 is 10.6 Å². The quantitative estimate of drug-likeness (QED) is 0.935. The summed E-state index contributed by atoms with van der Waals surface area (Å²) in [6.45, 7) is 1.94. The molecule has 0 bridgehead atoms. The molecule has 0 saturated heterocycles. The molecule has 0 aromatic heterocycles. The van der Waals surface area contributed by atoms with Crippen LogP contribution in [0.3, 0.4) is 0 Å². The predicted octanol–water partition coefficient (Wildman–Crippen LogP) is 3.74. The summed E-state index contributed by atoms with van der Waals surface area (Å²) < 4.78 is 0. The van der Waals surface area contributed by atoms with Crippen molar-refractivity contribution in [3.63, 3.8) is 0 Å². The standard InChI is InChI=1S/C17H18ClN3/c1-12(20)17(14-8-4-5-9-15(14)18)21(2)16-10-6-3-7-13(16)11-19/h3-10,12,17H,20H2,1-2H3. The van der Waals surface area contributed by atoms with Crippen LogP contribution in [-0.2, 0) is 0 Å². The Hall–Kier alpha value is -2.02. The van der Waals surface area contributed by atoms with Gasteiger partial charge in [-0.25, -0.2) is 0 Å².